The van der Waals surface area contributed by atoms with Gasteiger partial charge in [-0.05, 0) is 24.6 Å². The van der Waals surface area contributed by atoms with Gasteiger partial charge in [-0.25, -0.2) is 4.98 Å². The van der Waals surface area contributed by atoms with Gasteiger partial charge in [0.25, 0.3) is 5.56 Å². The third-order valence-corrected chi connectivity index (χ3v) is 6.07. The lowest BCUT2D eigenvalue weighted by Crippen LogP contribution is -2.27. The normalized spacial score (nSPS) is 12.7. The number of carbonyl (C=O) groups is 1. The molecule has 0 unspecified atom stereocenters. The van der Waals surface area contributed by atoms with E-state index in [4.69, 9.17) is 9.47 Å². The number of thiophene rings is 1. The van der Waals surface area contributed by atoms with Gasteiger partial charge < -0.3 is 14.8 Å². The van der Waals surface area contributed by atoms with E-state index in [2.05, 4.69) is 10.3 Å². The first kappa shape index (κ1) is 19.3. The summed E-state index contributed by atoms with van der Waals surface area (Å²) >= 11 is 1.48. The number of hydrogen-bond acceptors (Lipinski definition) is 6. The molecule has 1 aliphatic heterocycles. The first-order chi connectivity index (χ1) is 15.1. The van der Waals surface area contributed by atoms with E-state index >= 15 is 0 Å². The number of nitrogens with zero attached hydrogens (tertiary/aromatic N) is 2. The van der Waals surface area contributed by atoms with Gasteiger partial charge in [-0.3, -0.25) is 14.2 Å². The van der Waals surface area contributed by atoms with Crippen LogP contribution in [-0.4, -0.2) is 28.7 Å². The molecule has 0 bridgehead atoms. The Kier molecular flexibility index (Phi) is 4.91. The van der Waals surface area contributed by atoms with Gasteiger partial charge in [0, 0.05) is 22.2 Å². The molecular formula is C23H19N3O4S. The highest BCUT2D eigenvalue weighted by Crippen LogP contribution is 2.35. The predicted octanol–water partition coefficient (Wildman–Crippen LogP) is 3.84. The monoisotopic (exact) mass is 433 g/mol. The Morgan fingerprint density at radius 2 is 1.90 bits per heavy atom. The Hall–Kier alpha value is -3.65. The van der Waals surface area contributed by atoms with Gasteiger partial charge in [-0.15, -0.1) is 11.3 Å². The molecule has 156 valence electrons. The van der Waals surface area contributed by atoms with Crippen LogP contribution in [0.25, 0.3) is 21.3 Å². The highest BCUT2D eigenvalue weighted by atomic mass is 32.1. The number of ether oxygens (including phenoxy) is 2. The van der Waals surface area contributed by atoms with Crippen molar-refractivity contribution < 1.29 is 14.3 Å². The van der Waals surface area contributed by atoms with E-state index in [1.807, 2.05) is 37.3 Å². The molecule has 31 heavy (non-hydrogen) atoms. The zero-order valence-electron chi connectivity index (χ0n) is 16.8. The lowest BCUT2D eigenvalue weighted by Gasteiger charge is -2.19. The molecule has 3 heterocycles. The van der Waals surface area contributed by atoms with Crippen LogP contribution in [0.3, 0.4) is 0 Å². The topological polar surface area (TPSA) is 82.5 Å². The first-order valence-corrected chi connectivity index (χ1v) is 10.7. The molecule has 4 aromatic rings. The number of anilines is 1. The third-order valence-electron chi connectivity index (χ3n) is 5.06. The number of fused-ring (bicyclic) bond motifs is 2. The summed E-state index contributed by atoms with van der Waals surface area (Å²) in [6.07, 6.45) is 1.43. The molecule has 5 rings (SSSR count). The fourth-order valence-corrected chi connectivity index (χ4v) is 4.68. The van der Waals surface area contributed by atoms with E-state index in [9.17, 15) is 9.59 Å². The summed E-state index contributed by atoms with van der Waals surface area (Å²) in [7, 11) is 0. The van der Waals surface area contributed by atoms with Crippen molar-refractivity contribution in [3.63, 3.8) is 0 Å². The summed E-state index contributed by atoms with van der Waals surface area (Å²) in [6.45, 7) is 2.81. The molecule has 1 amide bonds. The maximum absolute atomic E-state index is 13.2. The second-order valence-electron chi connectivity index (χ2n) is 7.16. The van der Waals surface area contributed by atoms with Crippen LogP contribution in [0.5, 0.6) is 11.5 Å². The SMILES string of the molecule is Cc1sc2ncn(CC(=O)Nc3ccc4c(c3)OCCO4)c(=O)c2c1-c1ccccc1. The number of rotatable bonds is 4. The molecule has 1 N–H and O–H groups in total. The molecule has 0 aliphatic carbocycles. The second kappa shape index (κ2) is 7.88. The van der Waals surface area contributed by atoms with Gasteiger partial charge >= 0.3 is 0 Å². The summed E-state index contributed by atoms with van der Waals surface area (Å²) in [5.74, 6) is 0.912. The molecule has 7 nitrogen and oxygen atoms in total. The standard InChI is InChI=1S/C23H19N3O4S/c1-14-20(15-5-3-2-4-6-15)21-22(31-14)24-13-26(23(21)28)12-19(27)25-16-7-8-17-18(11-16)30-10-9-29-17/h2-8,11,13H,9-10,12H2,1H3,(H,25,27). The van der Waals surface area contributed by atoms with Crippen LogP contribution in [0.4, 0.5) is 5.69 Å². The van der Waals surface area contributed by atoms with Gasteiger partial charge in [-0.1, -0.05) is 30.3 Å². The van der Waals surface area contributed by atoms with E-state index in [0.717, 1.165) is 16.0 Å². The Balaban J connectivity index is 1.44. The summed E-state index contributed by atoms with van der Waals surface area (Å²) < 4.78 is 12.4. The molecule has 0 saturated heterocycles. The van der Waals surface area contributed by atoms with Gasteiger partial charge in [0.1, 0.15) is 24.6 Å². The number of benzene rings is 2. The van der Waals surface area contributed by atoms with E-state index in [-0.39, 0.29) is 18.0 Å². The molecule has 0 saturated carbocycles. The van der Waals surface area contributed by atoms with Crippen molar-refractivity contribution in [2.75, 3.05) is 18.5 Å². The van der Waals surface area contributed by atoms with E-state index < -0.39 is 0 Å². The number of carbonyl (C=O) groups excluding carboxylic acids is 1. The zero-order chi connectivity index (χ0) is 21.4. The minimum Gasteiger partial charge on any atom is -0.486 e. The quantitative estimate of drug-likeness (QED) is 0.529. The Bertz CT molecular complexity index is 1340. The number of nitrogens with one attached hydrogen (secondary N) is 1. The van der Waals surface area contributed by atoms with Crippen LogP contribution in [0.1, 0.15) is 4.88 Å². The lowest BCUT2D eigenvalue weighted by atomic mass is 10.0. The second-order valence-corrected chi connectivity index (χ2v) is 8.37. The lowest BCUT2D eigenvalue weighted by molar-refractivity contribution is -0.116. The number of aromatic nitrogens is 2. The van der Waals surface area contributed by atoms with E-state index in [1.54, 1.807) is 18.2 Å². The van der Waals surface area contributed by atoms with Crippen molar-refractivity contribution in [2.24, 2.45) is 0 Å². The summed E-state index contributed by atoms with van der Waals surface area (Å²) in [5.41, 5.74) is 2.18. The maximum Gasteiger partial charge on any atom is 0.263 e. The van der Waals surface area contributed by atoms with Crippen molar-refractivity contribution in [2.45, 2.75) is 13.5 Å². The number of hydrogen-bond donors (Lipinski definition) is 1. The van der Waals surface area contributed by atoms with Gasteiger partial charge in [-0.2, -0.15) is 0 Å². The highest BCUT2D eigenvalue weighted by molar-refractivity contribution is 7.19. The van der Waals surface area contributed by atoms with Gasteiger partial charge in [0.15, 0.2) is 11.5 Å². The summed E-state index contributed by atoms with van der Waals surface area (Å²) in [4.78, 5) is 32.0. The molecule has 8 heteroatoms. The molecule has 2 aromatic heterocycles. The fourth-order valence-electron chi connectivity index (χ4n) is 3.68. The van der Waals surface area contributed by atoms with Crippen molar-refractivity contribution in [3.05, 3.63) is 70.1 Å². The van der Waals surface area contributed by atoms with Crippen LogP contribution >= 0.6 is 11.3 Å². The minimum absolute atomic E-state index is 0.140. The van der Waals surface area contributed by atoms with Crippen molar-refractivity contribution >= 4 is 33.1 Å². The highest BCUT2D eigenvalue weighted by Gasteiger charge is 2.18. The molecule has 0 fully saturated rings. The third kappa shape index (κ3) is 3.66. The molecular weight excluding hydrogens is 414 g/mol. The van der Waals surface area contributed by atoms with Crippen molar-refractivity contribution in [1.82, 2.24) is 9.55 Å². The van der Waals surface area contributed by atoms with Crippen LogP contribution < -0.4 is 20.3 Å². The maximum atomic E-state index is 13.2. The molecule has 2 aromatic carbocycles. The zero-order valence-corrected chi connectivity index (χ0v) is 17.6. The van der Waals surface area contributed by atoms with E-state index in [1.165, 1.54) is 22.2 Å². The fraction of sp³-hybridized carbons (Fsp3) is 0.174. The Morgan fingerprint density at radius 1 is 1.13 bits per heavy atom. The van der Waals surface area contributed by atoms with Crippen LogP contribution in [0.2, 0.25) is 0 Å². The van der Waals surface area contributed by atoms with Crippen molar-refractivity contribution in [1.29, 1.82) is 0 Å². The van der Waals surface area contributed by atoms with Crippen LogP contribution in [-0.2, 0) is 11.3 Å². The summed E-state index contributed by atoms with van der Waals surface area (Å²) in [6, 6.07) is 15.0. The number of aryl methyl sites for hydroxylation is 1. The average Bonchev–Trinajstić information content (AvgIpc) is 3.13. The van der Waals surface area contributed by atoms with Gasteiger partial charge in [0.2, 0.25) is 5.91 Å². The summed E-state index contributed by atoms with van der Waals surface area (Å²) in [5, 5.41) is 3.35. The Labute approximate surface area is 181 Å². The largest absolute Gasteiger partial charge is 0.486 e. The smallest absolute Gasteiger partial charge is 0.263 e. The van der Waals surface area contributed by atoms with E-state index in [0.29, 0.717) is 40.6 Å². The van der Waals surface area contributed by atoms with Crippen LogP contribution in [0.15, 0.2) is 59.7 Å². The van der Waals surface area contributed by atoms with Crippen LogP contribution in [0, 0.1) is 6.92 Å². The average molecular weight is 433 g/mol. The Morgan fingerprint density at radius 3 is 2.71 bits per heavy atom. The number of amides is 1. The predicted molar refractivity (Wildman–Crippen MR) is 120 cm³/mol. The molecule has 0 atom stereocenters. The molecule has 0 radical (unpaired) electrons. The first-order valence-electron chi connectivity index (χ1n) is 9.83. The molecule has 1 aliphatic rings. The van der Waals surface area contributed by atoms with Crippen molar-refractivity contribution in [3.8, 4) is 22.6 Å². The minimum atomic E-state index is -0.326. The molecule has 0 spiro atoms. The van der Waals surface area contributed by atoms with Gasteiger partial charge in [0.05, 0.1) is 11.7 Å².